The number of pyridine rings is 1. The summed E-state index contributed by atoms with van der Waals surface area (Å²) in [4.78, 5) is 21.9. The molecule has 2 aromatic heterocycles. The third kappa shape index (κ3) is 2.45. The van der Waals surface area contributed by atoms with Crippen molar-refractivity contribution in [3.8, 4) is 0 Å². The van der Waals surface area contributed by atoms with Gasteiger partial charge >= 0.3 is 0 Å². The van der Waals surface area contributed by atoms with E-state index in [0.717, 1.165) is 5.82 Å². The number of hydrogen-bond acceptors (Lipinski definition) is 5. The molecule has 0 aromatic carbocycles. The summed E-state index contributed by atoms with van der Waals surface area (Å²) in [7, 11) is 5.44. The fourth-order valence-corrected chi connectivity index (χ4v) is 1.39. The van der Waals surface area contributed by atoms with Crippen LogP contribution in [0.2, 0.25) is 0 Å². The van der Waals surface area contributed by atoms with Crippen LogP contribution in [-0.2, 0) is 7.05 Å². The topological polar surface area (TPSA) is 75.9 Å². The van der Waals surface area contributed by atoms with Crippen molar-refractivity contribution in [3.63, 3.8) is 0 Å². The number of carbonyl (C=O) groups is 1. The van der Waals surface area contributed by atoms with Crippen molar-refractivity contribution >= 4 is 17.7 Å². The van der Waals surface area contributed by atoms with Crippen LogP contribution in [-0.4, -0.2) is 39.8 Å². The highest BCUT2D eigenvalue weighted by atomic mass is 16.1. The normalized spacial score (nSPS) is 10.2. The average molecular weight is 246 g/mol. The predicted octanol–water partition coefficient (Wildman–Crippen LogP) is 0.528. The Morgan fingerprint density at radius 2 is 2.17 bits per heavy atom. The molecule has 0 spiro atoms. The second kappa shape index (κ2) is 4.82. The van der Waals surface area contributed by atoms with Crippen molar-refractivity contribution in [2.75, 3.05) is 24.3 Å². The maximum absolute atomic E-state index is 12.0. The van der Waals surface area contributed by atoms with Gasteiger partial charge in [-0.1, -0.05) is 0 Å². The largest absolute Gasteiger partial charge is 0.363 e. The summed E-state index contributed by atoms with van der Waals surface area (Å²) < 4.78 is 1.49. The molecule has 7 nitrogen and oxygen atoms in total. The summed E-state index contributed by atoms with van der Waals surface area (Å²) >= 11 is 0. The van der Waals surface area contributed by atoms with Crippen LogP contribution in [0.25, 0.3) is 0 Å². The molecule has 2 aromatic rings. The molecular formula is C11H14N6O. The molecule has 1 amide bonds. The number of nitrogens with zero attached hydrogens (tertiary/aromatic N) is 5. The van der Waals surface area contributed by atoms with Gasteiger partial charge in [-0.3, -0.25) is 10.1 Å². The molecular weight excluding hydrogens is 232 g/mol. The summed E-state index contributed by atoms with van der Waals surface area (Å²) in [6.45, 7) is 0. The molecule has 0 fully saturated rings. The zero-order chi connectivity index (χ0) is 13.1. The third-order valence-electron chi connectivity index (χ3n) is 2.40. The molecule has 0 aliphatic carbocycles. The Morgan fingerprint density at radius 1 is 1.39 bits per heavy atom. The first-order valence-corrected chi connectivity index (χ1v) is 5.36. The zero-order valence-electron chi connectivity index (χ0n) is 10.5. The highest BCUT2D eigenvalue weighted by Gasteiger charge is 2.10. The minimum Gasteiger partial charge on any atom is -0.363 e. The van der Waals surface area contributed by atoms with Crippen LogP contribution >= 0.6 is 0 Å². The van der Waals surface area contributed by atoms with Crippen LogP contribution in [0, 0.1) is 0 Å². The molecule has 0 saturated heterocycles. The Balaban J connectivity index is 2.19. The molecule has 2 rings (SSSR count). The lowest BCUT2D eigenvalue weighted by molar-refractivity contribution is 0.102. The van der Waals surface area contributed by atoms with Gasteiger partial charge in [-0.25, -0.2) is 9.67 Å². The second-order valence-electron chi connectivity index (χ2n) is 3.96. The monoisotopic (exact) mass is 246 g/mol. The summed E-state index contributed by atoms with van der Waals surface area (Å²) in [6.07, 6.45) is 2.98. The van der Waals surface area contributed by atoms with Crippen LogP contribution in [0.1, 0.15) is 10.4 Å². The van der Waals surface area contributed by atoms with Gasteiger partial charge in [0.25, 0.3) is 5.91 Å². The van der Waals surface area contributed by atoms with Crippen molar-refractivity contribution in [2.45, 2.75) is 0 Å². The molecule has 0 unspecified atom stereocenters. The van der Waals surface area contributed by atoms with Crippen molar-refractivity contribution in [1.82, 2.24) is 19.7 Å². The van der Waals surface area contributed by atoms with Gasteiger partial charge in [0.15, 0.2) is 0 Å². The smallest absolute Gasteiger partial charge is 0.258 e. The molecule has 0 saturated carbocycles. The van der Waals surface area contributed by atoms with E-state index in [1.54, 1.807) is 25.4 Å². The first kappa shape index (κ1) is 12.0. The summed E-state index contributed by atoms with van der Waals surface area (Å²) in [5.41, 5.74) is 0.525. The number of hydrogen-bond donors (Lipinski definition) is 1. The Labute approximate surface area is 104 Å². The Bertz CT molecular complexity index is 562. The van der Waals surface area contributed by atoms with Crippen LogP contribution in [0.4, 0.5) is 11.8 Å². The summed E-state index contributed by atoms with van der Waals surface area (Å²) in [5.74, 6) is 0.889. The van der Waals surface area contributed by atoms with Crippen LogP contribution < -0.4 is 10.2 Å². The lowest BCUT2D eigenvalue weighted by Gasteiger charge is -2.11. The van der Waals surface area contributed by atoms with E-state index < -0.39 is 0 Å². The lowest BCUT2D eigenvalue weighted by atomic mass is 10.2. The number of aryl methyl sites for hydroxylation is 1. The zero-order valence-corrected chi connectivity index (χ0v) is 10.5. The molecule has 94 valence electrons. The van der Waals surface area contributed by atoms with E-state index in [1.165, 1.54) is 11.0 Å². The molecule has 18 heavy (non-hydrogen) atoms. The number of rotatable bonds is 3. The lowest BCUT2D eigenvalue weighted by Crippen LogP contribution is -2.17. The fraction of sp³-hybridized carbons (Fsp3) is 0.273. The van der Waals surface area contributed by atoms with Crippen molar-refractivity contribution in [2.24, 2.45) is 7.05 Å². The minimum absolute atomic E-state index is 0.239. The fourth-order valence-electron chi connectivity index (χ4n) is 1.39. The van der Waals surface area contributed by atoms with Gasteiger partial charge in [0.05, 0.1) is 0 Å². The van der Waals surface area contributed by atoms with Crippen LogP contribution in [0.5, 0.6) is 0 Å². The van der Waals surface area contributed by atoms with Gasteiger partial charge < -0.3 is 4.90 Å². The maximum Gasteiger partial charge on any atom is 0.258 e. The number of amides is 1. The molecule has 1 N–H and O–H groups in total. The molecule has 2 heterocycles. The third-order valence-corrected chi connectivity index (χ3v) is 2.40. The summed E-state index contributed by atoms with van der Waals surface area (Å²) in [5, 5.41) is 6.56. The minimum atomic E-state index is -0.239. The average Bonchev–Trinajstić information content (AvgIpc) is 2.75. The van der Waals surface area contributed by atoms with E-state index >= 15 is 0 Å². The Hall–Kier alpha value is -2.44. The van der Waals surface area contributed by atoms with Gasteiger partial charge in [0, 0.05) is 32.9 Å². The van der Waals surface area contributed by atoms with Crippen molar-refractivity contribution in [1.29, 1.82) is 0 Å². The highest BCUT2D eigenvalue weighted by Crippen LogP contribution is 2.11. The van der Waals surface area contributed by atoms with Gasteiger partial charge in [-0.15, -0.1) is 0 Å². The molecule has 0 atom stereocenters. The van der Waals surface area contributed by atoms with Gasteiger partial charge in [0.1, 0.15) is 12.1 Å². The molecule has 0 radical (unpaired) electrons. The van der Waals surface area contributed by atoms with Gasteiger partial charge in [-0.2, -0.15) is 10.1 Å². The predicted molar refractivity (Wildman–Crippen MR) is 67.5 cm³/mol. The first-order valence-electron chi connectivity index (χ1n) is 5.36. The van der Waals surface area contributed by atoms with Crippen LogP contribution in [0.3, 0.4) is 0 Å². The van der Waals surface area contributed by atoms with E-state index in [0.29, 0.717) is 11.5 Å². The summed E-state index contributed by atoms with van der Waals surface area (Å²) in [6, 6.07) is 3.37. The molecule has 0 aliphatic rings. The van der Waals surface area contributed by atoms with E-state index in [-0.39, 0.29) is 5.91 Å². The number of aromatic nitrogens is 4. The van der Waals surface area contributed by atoms with Crippen LogP contribution in [0.15, 0.2) is 24.7 Å². The SMILES string of the molecule is CN(C)c1cc(C(=O)Nc2ncnn2C)ccn1. The second-order valence-corrected chi connectivity index (χ2v) is 3.96. The van der Waals surface area contributed by atoms with Gasteiger partial charge in [-0.05, 0) is 12.1 Å². The quantitative estimate of drug-likeness (QED) is 0.854. The van der Waals surface area contributed by atoms with E-state index in [9.17, 15) is 4.79 Å². The maximum atomic E-state index is 12.0. The number of anilines is 2. The molecule has 0 bridgehead atoms. The molecule has 0 aliphatic heterocycles. The van der Waals surface area contributed by atoms with Crippen molar-refractivity contribution < 1.29 is 4.79 Å². The molecule has 7 heteroatoms. The van der Waals surface area contributed by atoms with E-state index in [1.807, 2.05) is 19.0 Å². The Morgan fingerprint density at radius 3 is 2.78 bits per heavy atom. The number of nitrogens with one attached hydrogen (secondary N) is 1. The van der Waals surface area contributed by atoms with Gasteiger partial charge in [0.2, 0.25) is 5.95 Å². The number of carbonyl (C=O) groups excluding carboxylic acids is 1. The standard InChI is InChI=1S/C11H14N6O/c1-16(2)9-6-8(4-5-12-9)10(18)15-11-13-7-14-17(11)3/h4-7H,1-3H3,(H,13,14,15,18). The Kier molecular flexibility index (Phi) is 3.22. The van der Waals surface area contributed by atoms with E-state index in [4.69, 9.17) is 0 Å². The highest BCUT2D eigenvalue weighted by molar-refractivity contribution is 6.03. The van der Waals surface area contributed by atoms with E-state index in [2.05, 4.69) is 20.4 Å². The van der Waals surface area contributed by atoms with Crippen molar-refractivity contribution in [3.05, 3.63) is 30.2 Å². The first-order chi connectivity index (χ1) is 8.58.